The number of hydrogen-bond donors (Lipinski definition) is 1. The van der Waals surface area contributed by atoms with Crippen LogP contribution in [0.25, 0.3) is 0 Å². The Labute approximate surface area is 77.2 Å². The van der Waals surface area contributed by atoms with Gasteiger partial charge in [0.05, 0.1) is 5.60 Å². The van der Waals surface area contributed by atoms with Gasteiger partial charge in [-0.05, 0) is 24.2 Å². The minimum absolute atomic E-state index is 0.00792. The number of rotatable bonds is 3. The van der Waals surface area contributed by atoms with E-state index in [-0.39, 0.29) is 5.41 Å². The molecule has 0 saturated carbocycles. The highest BCUT2D eigenvalue weighted by Gasteiger charge is 2.38. The van der Waals surface area contributed by atoms with Crippen molar-refractivity contribution >= 4 is 0 Å². The summed E-state index contributed by atoms with van der Waals surface area (Å²) in [6, 6.07) is 0. The molecule has 0 aliphatic carbocycles. The van der Waals surface area contributed by atoms with E-state index in [0.29, 0.717) is 5.92 Å². The van der Waals surface area contributed by atoms with E-state index in [9.17, 15) is 5.11 Å². The van der Waals surface area contributed by atoms with Crippen LogP contribution in [0.4, 0.5) is 0 Å². The topological polar surface area (TPSA) is 20.2 Å². The molecule has 0 bridgehead atoms. The molecule has 0 radical (unpaired) electrons. The van der Waals surface area contributed by atoms with E-state index < -0.39 is 5.60 Å². The maximum Gasteiger partial charge on any atom is 0.0695 e. The molecule has 0 aromatic carbocycles. The lowest BCUT2D eigenvalue weighted by molar-refractivity contribution is -0.0757. The molecule has 1 unspecified atom stereocenters. The summed E-state index contributed by atoms with van der Waals surface area (Å²) in [4.78, 5) is 0. The van der Waals surface area contributed by atoms with Crippen molar-refractivity contribution in [2.75, 3.05) is 0 Å². The Balaban J connectivity index is 4.46. The first-order chi connectivity index (χ1) is 5.23. The van der Waals surface area contributed by atoms with Gasteiger partial charge < -0.3 is 5.11 Å². The van der Waals surface area contributed by atoms with Gasteiger partial charge in [-0.1, -0.05) is 41.5 Å². The third-order valence-corrected chi connectivity index (χ3v) is 2.73. The molecule has 0 aliphatic rings. The number of aliphatic hydroxyl groups is 1. The van der Waals surface area contributed by atoms with Crippen molar-refractivity contribution < 1.29 is 5.11 Å². The molecule has 0 fully saturated rings. The average molecular weight is 172 g/mol. The fourth-order valence-electron chi connectivity index (χ4n) is 1.66. The van der Waals surface area contributed by atoms with E-state index in [1.807, 2.05) is 0 Å². The van der Waals surface area contributed by atoms with Crippen molar-refractivity contribution in [2.24, 2.45) is 11.3 Å². The molecule has 0 spiro atoms. The summed E-state index contributed by atoms with van der Waals surface area (Å²) < 4.78 is 0. The van der Waals surface area contributed by atoms with E-state index in [4.69, 9.17) is 0 Å². The Morgan fingerprint density at radius 3 is 1.67 bits per heavy atom. The van der Waals surface area contributed by atoms with Gasteiger partial charge in [-0.3, -0.25) is 0 Å². The summed E-state index contributed by atoms with van der Waals surface area (Å²) in [5.74, 6) is 0.564. The second-order valence-corrected chi connectivity index (χ2v) is 5.23. The first-order valence-electron chi connectivity index (χ1n) is 4.95. The summed E-state index contributed by atoms with van der Waals surface area (Å²) in [5, 5.41) is 10.3. The van der Waals surface area contributed by atoms with E-state index in [1.54, 1.807) is 0 Å². The van der Waals surface area contributed by atoms with Crippen LogP contribution in [0, 0.1) is 11.3 Å². The highest BCUT2D eigenvalue weighted by atomic mass is 16.3. The molecule has 1 N–H and O–H groups in total. The van der Waals surface area contributed by atoms with Gasteiger partial charge in [-0.25, -0.2) is 0 Å². The van der Waals surface area contributed by atoms with Gasteiger partial charge in [0.25, 0.3) is 0 Å². The van der Waals surface area contributed by atoms with E-state index >= 15 is 0 Å². The molecule has 12 heavy (non-hydrogen) atoms. The fraction of sp³-hybridized carbons (Fsp3) is 1.00. The third-order valence-electron chi connectivity index (χ3n) is 2.73. The van der Waals surface area contributed by atoms with E-state index in [0.717, 1.165) is 12.8 Å². The third kappa shape index (κ3) is 2.78. The van der Waals surface area contributed by atoms with Gasteiger partial charge >= 0.3 is 0 Å². The van der Waals surface area contributed by atoms with Gasteiger partial charge in [-0.2, -0.15) is 0 Å². The van der Waals surface area contributed by atoms with Gasteiger partial charge in [0.2, 0.25) is 0 Å². The first kappa shape index (κ1) is 12.0. The van der Waals surface area contributed by atoms with Crippen LogP contribution in [0.15, 0.2) is 0 Å². The van der Waals surface area contributed by atoms with E-state index in [2.05, 4.69) is 41.5 Å². The molecule has 74 valence electrons. The van der Waals surface area contributed by atoms with Crippen LogP contribution < -0.4 is 0 Å². The highest BCUT2D eigenvalue weighted by molar-refractivity contribution is 4.89. The molecule has 0 aromatic rings. The van der Waals surface area contributed by atoms with Gasteiger partial charge in [-0.15, -0.1) is 0 Å². The van der Waals surface area contributed by atoms with Crippen LogP contribution in [-0.2, 0) is 0 Å². The molecule has 0 saturated heterocycles. The minimum Gasteiger partial charge on any atom is -0.389 e. The maximum absolute atomic E-state index is 10.3. The molecule has 1 heteroatoms. The van der Waals surface area contributed by atoms with E-state index in [1.165, 1.54) is 0 Å². The normalized spacial score (nSPS) is 18.0. The van der Waals surface area contributed by atoms with Crippen molar-refractivity contribution in [2.45, 2.75) is 60.0 Å². The lowest BCUT2D eigenvalue weighted by Crippen LogP contribution is -2.43. The molecular weight excluding hydrogens is 148 g/mol. The van der Waals surface area contributed by atoms with Crippen LogP contribution in [0.5, 0.6) is 0 Å². The zero-order chi connectivity index (χ0) is 9.99. The Hall–Kier alpha value is -0.0400. The highest BCUT2D eigenvalue weighted by Crippen LogP contribution is 2.37. The summed E-state index contributed by atoms with van der Waals surface area (Å²) in [5.41, 5.74) is -0.507. The van der Waals surface area contributed by atoms with Crippen molar-refractivity contribution in [1.82, 2.24) is 0 Å². The molecule has 0 aliphatic heterocycles. The van der Waals surface area contributed by atoms with Crippen LogP contribution in [0.3, 0.4) is 0 Å². The molecular formula is C11H24O. The molecule has 1 nitrogen and oxygen atoms in total. The summed E-state index contributed by atoms with van der Waals surface area (Å²) in [6.07, 6.45) is 1.74. The van der Waals surface area contributed by atoms with Crippen molar-refractivity contribution in [3.8, 4) is 0 Å². The van der Waals surface area contributed by atoms with Crippen LogP contribution in [0.1, 0.15) is 54.4 Å². The first-order valence-corrected chi connectivity index (χ1v) is 4.95. The maximum atomic E-state index is 10.3. The van der Waals surface area contributed by atoms with Crippen molar-refractivity contribution in [3.63, 3.8) is 0 Å². The van der Waals surface area contributed by atoms with Gasteiger partial charge in [0.15, 0.2) is 0 Å². The second-order valence-electron chi connectivity index (χ2n) is 5.23. The van der Waals surface area contributed by atoms with Gasteiger partial charge in [0, 0.05) is 0 Å². The molecule has 0 heterocycles. The Bertz CT molecular complexity index is 132. The van der Waals surface area contributed by atoms with Crippen molar-refractivity contribution in [1.29, 1.82) is 0 Å². The Morgan fingerprint density at radius 1 is 1.17 bits per heavy atom. The Morgan fingerprint density at radius 2 is 1.58 bits per heavy atom. The summed E-state index contributed by atoms with van der Waals surface area (Å²) in [7, 11) is 0. The minimum atomic E-state index is -0.499. The summed E-state index contributed by atoms with van der Waals surface area (Å²) >= 11 is 0. The number of hydrogen-bond acceptors (Lipinski definition) is 1. The fourth-order valence-corrected chi connectivity index (χ4v) is 1.66. The largest absolute Gasteiger partial charge is 0.389 e. The zero-order valence-electron chi connectivity index (χ0n) is 9.44. The molecule has 0 rings (SSSR count). The van der Waals surface area contributed by atoms with Gasteiger partial charge in [0.1, 0.15) is 0 Å². The van der Waals surface area contributed by atoms with Crippen molar-refractivity contribution in [3.05, 3.63) is 0 Å². The standard InChI is InChI=1S/C11H24O/c1-7-11(12,8-9(2)3)10(4,5)6/h9,12H,7-8H2,1-6H3. The molecule has 0 amide bonds. The van der Waals surface area contributed by atoms with Crippen LogP contribution >= 0.6 is 0 Å². The quantitative estimate of drug-likeness (QED) is 0.693. The average Bonchev–Trinajstić information content (AvgIpc) is 1.83. The summed E-state index contributed by atoms with van der Waals surface area (Å²) in [6.45, 7) is 12.7. The molecule has 0 aromatic heterocycles. The van der Waals surface area contributed by atoms with Crippen LogP contribution in [0.2, 0.25) is 0 Å². The monoisotopic (exact) mass is 172 g/mol. The second kappa shape index (κ2) is 3.78. The molecule has 1 atom stereocenters. The predicted molar refractivity (Wildman–Crippen MR) is 54.2 cm³/mol. The lowest BCUT2D eigenvalue weighted by atomic mass is 9.71. The zero-order valence-corrected chi connectivity index (χ0v) is 9.44. The Kier molecular flexibility index (Phi) is 3.77. The smallest absolute Gasteiger partial charge is 0.0695 e. The SMILES string of the molecule is CCC(O)(CC(C)C)C(C)(C)C. The lowest BCUT2D eigenvalue weighted by Gasteiger charge is -2.41. The van der Waals surface area contributed by atoms with Crippen LogP contribution in [-0.4, -0.2) is 10.7 Å². The predicted octanol–water partition coefficient (Wildman–Crippen LogP) is 3.22.